The van der Waals surface area contributed by atoms with Crippen LogP contribution in [0.2, 0.25) is 0 Å². The fourth-order valence-electron chi connectivity index (χ4n) is 1.27. The Kier molecular flexibility index (Phi) is 4.14. The quantitative estimate of drug-likeness (QED) is 0.497. The number of carbonyl (C=O) groups is 1. The molecule has 0 aliphatic rings. The van der Waals surface area contributed by atoms with E-state index >= 15 is 0 Å². The highest BCUT2D eigenvalue weighted by molar-refractivity contribution is 7.99. The number of nitrogen functional groups attached to an aromatic ring is 1. The van der Waals surface area contributed by atoms with E-state index in [1.807, 2.05) is 0 Å². The number of anilines is 2. The molecule has 0 unspecified atom stereocenters. The number of nitrogens with zero attached hydrogens (tertiary/aromatic N) is 2. The van der Waals surface area contributed by atoms with Crippen LogP contribution in [-0.2, 0) is 4.79 Å². The average molecular weight is 260 g/mol. The highest BCUT2D eigenvalue weighted by Crippen LogP contribution is 2.15. The van der Waals surface area contributed by atoms with Gasteiger partial charge in [-0.1, -0.05) is 11.8 Å². The van der Waals surface area contributed by atoms with Gasteiger partial charge in [-0.2, -0.15) is 0 Å². The van der Waals surface area contributed by atoms with Gasteiger partial charge in [-0.05, 0) is 30.3 Å². The van der Waals surface area contributed by atoms with Gasteiger partial charge in [0.25, 0.3) is 0 Å². The lowest BCUT2D eigenvalue weighted by Crippen LogP contribution is -2.14. The highest BCUT2D eigenvalue weighted by atomic mass is 32.2. The minimum absolute atomic E-state index is 0.0802. The Morgan fingerprint density at radius 1 is 1.28 bits per heavy atom. The van der Waals surface area contributed by atoms with E-state index in [2.05, 4.69) is 15.3 Å². The monoisotopic (exact) mass is 260 g/mol. The topological polar surface area (TPSA) is 80.9 Å². The molecule has 0 saturated heterocycles. The van der Waals surface area contributed by atoms with E-state index in [1.54, 1.807) is 36.5 Å². The van der Waals surface area contributed by atoms with Gasteiger partial charge < -0.3 is 11.1 Å². The van der Waals surface area contributed by atoms with Gasteiger partial charge in [0.15, 0.2) is 0 Å². The third-order valence-corrected chi connectivity index (χ3v) is 3.04. The molecule has 3 N–H and O–H groups in total. The number of carbonyl (C=O) groups excluding carboxylic acids is 1. The molecule has 1 aromatic carbocycles. The van der Waals surface area contributed by atoms with E-state index in [0.717, 1.165) is 10.7 Å². The number of rotatable bonds is 4. The first-order valence-electron chi connectivity index (χ1n) is 5.28. The first-order valence-corrected chi connectivity index (χ1v) is 6.27. The molecule has 0 aliphatic carbocycles. The molecular formula is C12H12N4OS. The summed E-state index contributed by atoms with van der Waals surface area (Å²) >= 11 is 1.36. The third kappa shape index (κ3) is 3.74. The minimum atomic E-state index is -0.0802. The largest absolute Gasteiger partial charge is 0.399 e. The summed E-state index contributed by atoms with van der Waals surface area (Å²) in [5.74, 6) is 0.227. The van der Waals surface area contributed by atoms with Crippen molar-refractivity contribution in [3.8, 4) is 0 Å². The molecule has 92 valence electrons. The van der Waals surface area contributed by atoms with E-state index < -0.39 is 0 Å². The number of hydrogen-bond donors (Lipinski definition) is 2. The number of hydrogen-bond acceptors (Lipinski definition) is 5. The van der Waals surface area contributed by atoms with Gasteiger partial charge in [0.1, 0.15) is 6.33 Å². The van der Waals surface area contributed by atoms with E-state index in [0.29, 0.717) is 11.4 Å². The molecule has 1 aromatic heterocycles. The minimum Gasteiger partial charge on any atom is -0.399 e. The van der Waals surface area contributed by atoms with Crippen molar-refractivity contribution in [1.82, 2.24) is 9.97 Å². The summed E-state index contributed by atoms with van der Waals surface area (Å²) in [7, 11) is 0. The normalized spacial score (nSPS) is 10.0. The van der Waals surface area contributed by atoms with Crippen molar-refractivity contribution in [3.05, 3.63) is 42.9 Å². The average Bonchev–Trinajstić information content (AvgIpc) is 2.40. The third-order valence-electron chi connectivity index (χ3n) is 2.10. The second kappa shape index (κ2) is 6.02. The van der Waals surface area contributed by atoms with Gasteiger partial charge in [-0.15, -0.1) is 0 Å². The van der Waals surface area contributed by atoms with E-state index in [-0.39, 0.29) is 5.91 Å². The zero-order valence-corrected chi connectivity index (χ0v) is 10.4. The van der Waals surface area contributed by atoms with Gasteiger partial charge in [0.2, 0.25) is 5.91 Å². The molecule has 5 nitrogen and oxygen atoms in total. The predicted molar refractivity (Wildman–Crippen MR) is 72.2 cm³/mol. The Hall–Kier alpha value is -2.08. The Morgan fingerprint density at radius 2 is 2.06 bits per heavy atom. The summed E-state index contributed by atoms with van der Waals surface area (Å²) in [6.07, 6.45) is 3.10. The smallest absolute Gasteiger partial charge is 0.234 e. The summed E-state index contributed by atoms with van der Waals surface area (Å²) in [5, 5.41) is 3.56. The van der Waals surface area contributed by atoms with E-state index in [4.69, 9.17) is 5.73 Å². The zero-order valence-electron chi connectivity index (χ0n) is 9.54. The predicted octanol–water partition coefficient (Wildman–Crippen LogP) is 1.79. The molecule has 2 rings (SSSR count). The van der Waals surface area contributed by atoms with Crippen LogP contribution in [0.15, 0.2) is 47.9 Å². The maximum absolute atomic E-state index is 11.7. The van der Waals surface area contributed by atoms with Crippen LogP contribution >= 0.6 is 11.8 Å². The van der Waals surface area contributed by atoms with Crippen LogP contribution in [0, 0.1) is 0 Å². The van der Waals surface area contributed by atoms with Crippen LogP contribution in [0.5, 0.6) is 0 Å². The van der Waals surface area contributed by atoms with E-state index in [1.165, 1.54) is 18.1 Å². The van der Waals surface area contributed by atoms with Gasteiger partial charge in [-0.25, -0.2) is 9.97 Å². The SMILES string of the molecule is Nc1ccc(NC(=O)CSc2ccncn2)cc1. The number of amides is 1. The van der Waals surface area contributed by atoms with Crippen LogP contribution in [0.25, 0.3) is 0 Å². The Morgan fingerprint density at radius 3 is 2.72 bits per heavy atom. The summed E-state index contributed by atoms with van der Waals surface area (Å²) in [6.45, 7) is 0. The molecule has 0 spiro atoms. The molecule has 1 heterocycles. The highest BCUT2D eigenvalue weighted by Gasteiger charge is 2.04. The van der Waals surface area contributed by atoms with Crippen LogP contribution in [0.1, 0.15) is 0 Å². The second-order valence-corrected chi connectivity index (χ2v) is 4.50. The van der Waals surface area contributed by atoms with Crippen molar-refractivity contribution in [2.24, 2.45) is 0 Å². The molecule has 6 heteroatoms. The summed E-state index contributed by atoms with van der Waals surface area (Å²) in [6, 6.07) is 8.78. The van der Waals surface area contributed by atoms with Crippen molar-refractivity contribution in [2.45, 2.75) is 5.03 Å². The Labute approximate surface area is 109 Å². The van der Waals surface area contributed by atoms with Gasteiger partial charge in [0.05, 0.1) is 10.8 Å². The van der Waals surface area contributed by atoms with Gasteiger partial charge in [-0.3, -0.25) is 4.79 Å². The molecule has 18 heavy (non-hydrogen) atoms. The molecule has 1 amide bonds. The Balaban J connectivity index is 1.84. The lowest BCUT2D eigenvalue weighted by Gasteiger charge is -2.04. The van der Waals surface area contributed by atoms with Crippen LogP contribution < -0.4 is 11.1 Å². The number of nitrogens with one attached hydrogen (secondary N) is 1. The van der Waals surface area contributed by atoms with Crippen LogP contribution in [0.4, 0.5) is 11.4 Å². The number of nitrogens with two attached hydrogens (primary N) is 1. The Bertz CT molecular complexity index is 515. The standard InChI is InChI=1S/C12H12N4OS/c13-9-1-3-10(4-2-9)16-11(17)7-18-12-5-6-14-8-15-12/h1-6,8H,7,13H2,(H,16,17). The second-order valence-electron chi connectivity index (χ2n) is 3.51. The van der Waals surface area contributed by atoms with Gasteiger partial charge in [0, 0.05) is 17.6 Å². The zero-order chi connectivity index (χ0) is 12.8. The van der Waals surface area contributed by atoms with Crippen molar-refractivity contribution in [1.29, 1.82) is 0 Å². The number of thioether (sulfide) groups is 1. The lowest BCUT2D eigenvalue weighted by molar-refractivity contribution is -0.113. The molecule has 2 aromatic rings. The fourth-order valence-corrected chi connectivity index (χ4v) is 1.90. The van der Waals surface area contributed by atoms with Gasteiger partial charge >= 0.3 is 0 Å². The molecule has 0 radical (unpaired) electrons. The first kappa shape index (κ1) is 12.4. The molecule has 0 fully saturated rings. The maximum Gasteiger partial charge on any atom is 0.234 e. The van der Waals surface area contributed by atoms with Crippen LogP contribution in [0.3, 0.4) is 0 Å². The summed E-state index contributed by atoms with van der Waals surface area (Å²) < 4.78 is 0. The van der Waals surface area contributed by atoms with Crippen molar-refractivity contribution in [3.63, 3.8) is 0 Å². The molecule has 0 atom stereocenters. The molecule has 0 bridgehead atoms. The van der Waals surface area contributed by atoms with E-state index in [9.17, 15) is 4.79 Å². The fraction of sp³-hybridized carbons (Fsp3) is 0.0833. The maximum atomic E-state index is 11.7. The number of benzene rings is 1. The molecule has 0 aliphatic heterocycles. The summed E-state index contributed by atoms with van der Waals surface area (Å²) in [5.41, 5.74) is 6.96. The van der Waals surface area contributed by atoms with Crippen molar-refractivity contribution in [2.75, 3.05) is 16.8 Å². The molecular weight excluding hydrogens is 248 g/mol. The van der Waals surface area contributed by atoms with Crippen LogP contribution in [-0.4, -0.2) is 21.6 Å². The first-order chi connectivity index (χ1) is 8.74. The number of aromatic nitrogens is 2. The van der Waals surface area contributed by atoms with Crippen molar-refractivity contribution < 1.29 is 4.79 Å². The summed E-state index contributed by atoms with van der Waals surface area (Å²) in [4.78, 5) is 19.5. The van der Waals surface area contributed by atoms with Crippen molar-refractivity contribution >= 4 is 29.0 Å². The molecule has 0 saturated carbocycles. The lowest BCUT2D eigenvalue weighted by atomic mass is 10.3.